The predicted molar refractivity (Wildman–Crippen MR) is 142 cm³/mol. The molecule has 0 unspecified atom stereocenters. The molecule has 8 heteroatoms. The van der Waals surface area contributed by atoms with Crippen LogP contribution >= 0.6 is 11.3 Å². The van der Waals surface area contributed by atoms with Crippen molar-refractivity contribution >= 4 is 23.1 Å². The second-order valence-electron chi connectivity index (χ2n) is 8.32. The molecule has 0 aliphatic heterocycles. The summed E-state index contributed by atoms with van der Waals surface area (Å²) < 4.78 is 7.05. The van der Waals surface area contributed by atoms with Crippen LogP contribution in [0.25, 0.3) is 16.8 Å². The molecule has 0 radical (unpaired) electrons. The summed E-state index contributed by atoms with van der Waals surface area (Å²) in [5.74, 6) is 0.659. The number of amides is 1. The molecule has 2 aromatic carbocycles. The molecule has 0 aliphatic carbocycles. The second kappa shape index (κ2) is 11.2. The van der Waals surface area contributed by atoms with Gasteiger partial charge in [-0.2, -0.15) is 0 Å². The molecule has 0 aliphatic rings. The lowest BCUT2D eigenvalue weighted by Gasteiger charge is -2.15. The summed E-state index contributed by atoms with van der Waals surface area (Å²) in [6.07, 6.45) is -0.738. The zero-order valence-electron chi connectivity index (χ0n) is 20.2. The van der Waals surface area contributed by atoms with Crippen molar-refractivity contribution in [3.05, 3.63) is 116 Å². The third-order valence-electron chi connectivity index (χ3n) is 5.87. The van der Waals surface area contributed by atoms with Gasteiger partial charge in [0.2, 0.25) is 0 Å². The van der Waals surface area contributed by atoms with Gasteiger partial charge in [0, 0.05) is 35.2 Å². The molecule has 4 rings (SSSR count). The van der Waals surface area contributed by atoms with Gasteiger partial charge in [-0.15, -0.1) is 11.3 Å². The van der Waals surface area contributed by atoms with Crippen LogP contribution in [-0.2, 0) is 24.3 Å². The van der Waals surface area contributed by atoms with Gasteiger partial charge in [-0.3, -0.25) is 14.7 Å². The van der Waals surface area contributed by atoms with E-state index in [1.165, 1.54) is 0 Å². The summed E-state index contributed by atoms with van der Waals surface area (Å²) >= 11 is 1.61. The van der Waals surface area contributed by atoms with Gasteiger partial charge in [-0.25, -0.2) is 9.78 Å². The van der Waals surface area contributed by atoms with Crippen molar-refractivity contribution in [2.75, 3.05) is 7.11 Å². The molecule has 7 nitrogen and oxygen atoms in total. The van der Waals surface area contributed by atoms with E-state index in [2.05, 4.69) is 11.9 Å². The summed E-state index contributed by atoms with van der Waals surface area (Å²) in [6, 6.07) is 19.3. The fraction of sp³-hybridized carbons (Fsp3) is 0.179. The lowest BCUT2D eigenvalue weighted by molar-refractivity contribution is 0.180. The molecule has 0 fully saturated rings. The first-order chi connectivity index (χ1) is 17.4. The molecule has 0 saturated heterocycles. The smallest absolute Gasteiger partial charge is 0.409 e. The van der Waals surface area contributed by atoms with E-state index < -0.39 is 6.09 Å². The Morgan fingerprint density at radius 3 is 2.56 bits per heavy atom. The van der Waals surface area contributed by atoms with Gasteiger partial charge in [0.05, 0.1) is 18.8 Å². The number of aryl methyl sites for hydroxylation is 1. The fourth-order valence-electron chi connectivity index (χ4n) is 4.14. The SMILES string of the molecule is C=C(NC(=O)O)c1ccccc1-c1ccc(Cc2c(COC)nc(C)n(Cc3cccs3)c2=O)cc1. The Morgan fingerprint density at radius 1 is 1.14 bits per heavy atom. The standard InChI is InChI=1S/C28H27N3O4S/c1-18(29-28(33)34)23-8-4-5-9-24(23)21-12-10-20(11-13-21)15-25-26(17-35-3)30-19(2)31(27(25)32)16-22-7-6-14-36-22/h4-14,29H,1,15-17H2,2-3H3,(H,33,34). The molecule has 1 amide bonds. The normalized spacial score (nSPS) is 10.8. The zero-order chi connectivity index (χ0) is 25.7. The molecular weight excluding hydrogens is 474 g/mol. The molecule has 2 N–H and O–H groups in total. The predicted octanol–water partition coefficient (Wildman–Crippen LogP) is 5.30. The molecule has 36 heavy (non-hydrogen) atoms. The Balaban J connectivity index is 1.66. The van der Waals surface area contributed by atoms with E-state index in [9.17, 15) is 9.59 Å². The quantitative estimate of drug-likeness (QED) is 0.324. The van der Waals surface area contributed by atoms with Gasteiger partial charge in [0.25, 0.3) is 5.56 Å². The first kappa shape index (κ1) is 25.1. The van der Waals surface area contributed by atoms with E-state index >= 15 is 0 Å². The summed E-state index contributed by atoms with van der Waals surface area (Å²) in [6.45, 7) is 6.45. The molecule has 2 aromatic heterocycles. The number of benzene rings is 2. The number of hydrogen-bond donors (Lipinski definition) is 2. The lowest BCUT2D eigenvalue weighted by atomic mass is 9.96. The van der Waals surface area contributed by atoms with Gasteiger partial charge in [0.1, 0.15) is 5.82 Å². The highest BCUT2D eigenvalue weighted by atomic mass is 32.1. The van der Waals surface area contributed by atoms with Crippen molar-refractivity contribution in [3.8, 4) is 11.1 Å². The van der Waals surface area contributed by atoms with Crippen LogP contribution in [0, 0.1) is 6.92 Å². The second-order valence-corrected chi connectivity index (χ2v) is 9.35. The summed E-state index contributed by atoms with van der Waals surface area (Å²) in [4.78, 5) is 30.4. The Kier molecular flexibility index (Phi) is 7.77. The number of carboxylic acid groups (broad SMARTS) is 1. The monoisotopic (exact) mass is 501 g/mol. The largest absolute Gasteiger partial charge is 0.465 e. The van der Waals surface area contributed by atoms with Crippen molar-refractivity contribution < 1.29 is 14.6 Å². The third-order valence-corrected chi connectivity index (χ3v) is 6.73. The minimum Gasteiger partial charge on any atom is -0.465 e. The maximum absolute atomic E-state index is 13.5. The van der Waals surface area contributed by atoms with Crippen molar-refractivity contribution in [2.45, 2.75) is 26.5 Å². The Hall–Kier alpha value is -4.01. The number of rotatable bonds is 9. The van der Waals surface area contributed by atoms with Crippen LogP contribution in [0.2, 0.25) is 0 Å². The molecule has 0 bridgehead atoms. The van der Waals surface area contributed by atoms with Gasteiger partial charge >= 0.3 is 6.09 Å². The minimum absolute atomic E-state index is 0.0617. The minimum atomic E-state index is -1.16. The molecular formula is C28H27N3O4S. The Labute approximate surface area is 213 Å². The van der Waals surface area contributed by atoms with E-state index in [4.69, 9.17) is 14.8 Å². The van der Waals surface area contributed by atoms with Crippen LogP contribution in [0.5, 0.6) is 0 Å². The zero-order valence-corrected chi connectivity index (χ0v) is 21.0. The van der Waals surface area contributed by atoms with E-state index in [0.29, 0.717) is 41.3 Å². The van der Waals surface area contributed by atoms with E-state index in [0.717, 1.165) is 21.6 Å². The molecule has 0 spiro atoms. The number of thiophene rings is 1. The van der Waals surface area contributed by atoms with Gasteiger partial charge in [0.15, 0.2) is 0 Å². The third kappa shape index (κ3) is 5.62. The number of aromatic nitrogens is 2. The van der Waals surface area contributed by atoms with Crippen LogP contribution in [0.3, 0.4) is 0 Å². The van der Waals surface area contributed by atoms with E-state index in [1.54, 1.807) is 23.0 Å². The highest BCUT2D eigenvalue weighted by Crippen LogP contribution is 2.28. The fourth-order valence-corrected chi connectivity index (χ4v) is 4.83. The lowest BCUT2D eigenvalue weighted by Crippen LogP contribution is -2.29. The number of nitrogens with one attached hydrogen (secondary N) is 1. The van der Waals surface area contributed by atoms with Crippen molar-refractivity contribution in [1.82, 2.24) is 14.9 Å². The summed E-state index contributed by atoms with van der Waals surface area (Å²) in [5.41, 5.74) is 4.95. The van der Waals surface area contributed by atoms with Gasteiger partial charge in [-0.1, -0.05) is 61.2 Å². The summed E-state index contributed by atoms with van der Waals surface area (Å²) in [7, 11) is 1.59. The van der Waals surface area contributed by atoms with Gasteiger partial charge < -0.3 is 9.84 Å². The maximum atomic E-state index is 13.5. The van der Waals surface area contributed by atoms with Crippen molar-refractivity contribution in [2.24, 2.45) is 0 Å². The average molecular weight is 502 g/mol. The highest BCUT2D eigenvalue weighted by molar-refractivity contribution is 7.09. The number of nitrogens with zero attached hydrogens (tertiary/aromatic N) is 2. The van der Waals surface area contributed by atoms with Crippen LogP contribution in [-0.4, -0.2) is 27.9 Å². The Morgan fingerprint density at radius 2 is 1.89 bits per heavy atom. The number of carbonyl (C=O) groups is 1. The maximum Gasteiger partial charge on any atom is 0.409 e. The van der Waals surface area contributed by atoms with E-state index in [-0.39, 0.29) is 12.2 Å². The van der Waals surface area contributed by atoms with Gasteiger partial charge in [-0.05, 0) is 35.1 Å². The molecule has 184 valence electrons. The molecule has 2 heterocycles. The van der Waals surface area contributed by atoms with Crippen LogP contribution in [0.4, 0.5) is 4.79 Å². The van der Waals surface area contributed by atoms with Crippen LogP contribution in [0.15, 0.2) is 77.4 Å². The molecule has 4 aromatic rings. The first-order valence-corrected chi connectivity index (χ1v) is 12.2. The summed E-state index contributed by atoms with van der Waals surface area (Å²) in [5, 5.41) is 13.4. The first-order valence-electron chi connectivity index (χ1n) is 11.4. The topological polar surface area (TPSA) is 93.4 Å². The highest BCUT2D eigenvalue weighted by Gasteiger charge is 2.16. The number of methoxy groups -OCH3 is 1. The van der Waals surface area contributed by atoms with Crippen LogP contribution in [0.1, 0.15) is 33.1 Å². The van der Waals surface area contributed by atoms with E-state index in [1.807, 2.05) is 73.0 Å². The average Bonchev–Trinajstić information content (AvgIpc) is 3.38. The van der Waals surface area contributed by atoms with Crippen molar-refractivity contribution in [3.63, 3.8) is 0 Å². The molecule has 0 saturated carbocycles. The number of hydrogen-bond acceptors (Lipinski definition) is 5. The van der Waals surface area contributed by atoms with Crippen LogP contribution < -0.4 is 10.9 Å². The molecule has 0 atom stereocenters. The van der Waals surface area contributed by atoms with Crippen molar-refractivity contribution in [1.29, 1.82) is 0 Å². The Bertz CT molecular complexity index is 1440. The number of ether oxygens (including phenoxy) is 1.